The van der Waals surface area contributed by atoms with E-state index in [9.17, 15) is 16.8 Å². The Kier molecular flexibility index (Phi) is 9.06. The van der Waals surface area contributed by atoms with E-state index in [1.54, 1.807) is 24.3 Å². The minimum absolute atomic E-state index is 0.0919. The Hall–Kier alpha value is -1.70. The van der Waals surface area contributed by atoms with Crippen molar-refractivity contribution in [2.45, 2.75) is 109 Å². The highest BCUT2D eigenvalue weighted by molar-refractivity contribution is 7.92. The van der Waals surface area contributed by atoms with E-state index in [0.717, 1.165) is 36.0 Å². The fourth-order valence-electron chi connectivity index (χ4n) is 8.29. The molecule has 1 heterocycles. The van der Waals surface area contributed by atoms with E-state index in [1.165, 1.54) is 18.4 Å². The van der Waals surface area contributed by atoms with Crippen molar-refractivity contribution in [3.05, 3.63) is 64.8 Å². The highest BCUT2D eigenvalue weighted by Crippen LogP contribution is 2.60. The maximum atomic E-state index is 13.5. The van der Waals surface area contributed by atoms with Gasteiger partial charge in [0.1, 0.15) is 5.25 Å². The van der Waals surface area contributed by atoms with Gasteiger partial charge in [-0.25, -0.2) is 8.42 Å². The molecular weight excluding hydrogens is 565 g/mol. The number of hydrogen-bond donors (Lipinski definition) is 0. The molecule has 1 aliphatic heterocycles. The molecule has 7 atom stereocenters. The first kappa shape index (κ1) is 31.7. The van der Waals surface area contributed by atoms with Gasteiger partial charge in [-0.05, 0) is 111 Å². The van der Waals surface area contributed by atoms with Crippen LogP contribution in [0.25, 0.3) is 0 Å². The van der Waals surface area contributed by atoms with Crippen molar-refractivity contribution in [1.82, 2.24) is 0 Å². The Bertz CT molecular complexity index is 1470. The largest absolute Gasteiger partial charge is 0.297 e. The van der Waals surface area contributed by atoms with Crippen molar-refractivity contribution in [2.75, 3.05) is 5.75 Å². The second-order valence-electron chi connectivity index (χ2n) is 14.3. The first-order chi connectivity index (χ1) is 19.7. The molecule has 232 valence electrons. The molecule has 1 aromatic rings. The fraction of sp³-hybridized carbons (Fsp3) is 0.657. The zero-order chi connectivity index (χ0) is 30.4. The van der Waals surface area contributed by atoms with Gasteiger partial charge in [-0.15, -0.1) is 0 Å². The summed E-state index contributed by atoms with van der Waals surface area (Å²) >= 11 is 0. The maximum Gasteiger partial charge on any atom is 0.297 e. The van der Waals surface area contributed by atoms with Gasteiger partial charge in [0.05, 0.1) is 16.8 Å². The summed E-state index contributed by atoms with van der Waals surface area (Å²) in [4.78, 5) is 0.144. The number of hydrogen-bond acceptors (Lipinski definition) is 5. The molecule has 42 heavy (non-hydrogen) atoms. The van der Waals surface area contributed by atoms with E-state index < -0.39 is 31.3 Å². The molecule has 4 aliphatic rings. The molecule has 2 fully saturated rings. The van der Waals surface area contributed by atoms with E-state index in [2.05, 4.69) is 52.8 Å². The van der Waals surface area contributed by atoms with Crippen molar-refractivity contribution in [3.8, 4) is 0 Å². The predicted molar refractivity (Wildman–Crippen MR) is 170 cm³/mol. The number of sulfone groups is 1. The van der Waals surface area contributed by atoms with E-state index in [-0.39, 0.29) is 16.1 Å². The minimum atomic E-state index is -3.92. The monoisotopic (exact) mass is 614 g/mol. The summed E-state index contributed by atoms with van der Waals surface area (Å²) in [6.07, 6.45) is 13.4. The summed E-state index contributed by atoms with van der Waals surface area (Å²) in [7, 11) is -7.29. The Morgan fingerprint density at radius 2 is 1.71 bits per heavy atom. The van der Waals surface area contributed by atoms with Gasteiger partial charge in [0, 0.05) is 0 Å². The van der Waals surface area contributed by atoms with Crippen molar-refractivity contribution in [1.29, 1.82) is 0 Å². The average molecular weight is 615 g/mol. The molecule has 0 saturated heterocycles. The number of aryl methyl sites for hydroxylation is 1. The van der Waals surface area contributed by atoms with E-state index in [4.69, 9.17) is 4.18 Å². The SMILES string of the molecule is Cc1ccc(S(=O)(=O)O[C@H]2CCC3=C(C2)[C@@H](/C=C2\CCC[C@]4(C)[C@@H]([C@H](C)/C=C/[C@H](C)C(C)C)CC[C@@H]24)S(=O)(=O)C3)cc1. The summed E-state index contributed by atoms with van der Waals surface area (Å²) in [6.45, 7) is 13.6. The van der Waals surface area contributed by atoms with Crippen LogP contribution < -0.4 is 0 Å². The lowest BCUT2D eigenvalue weighted by Gasteiger charge is -2.44. The minimum Gasteiger partial charge on any atom is -0.263 e. The molecule has 3 aliphatic carbocycles. The molecular formula is C35H50O5S2. The first-order valence-electron chi connectivity index (χ1n) is 16.0. The third kappa shape index (κ3) is 6.25. The Balaban J connectivity index is 1.35. The van der Waals surface area contributed by atoms with E-state index in [1.807, 2.05) is 6.92 Å². The summed E-state index contributed by atoms with van der Waals surface area (Å²) < 4.78 is 58.8. The Morgan fingerprint density at radius 1 is 1.00 bits per heavy atom. The molecule has 0 amide bonds. The summed E-state index contributed by atoms with van der Waals surface area (Å²) in [5, 5.41) is -0.651. The van der Waals surface area contributed by atoms with Crippen LogP contribution >= 0.6 is 0 Å². The normalized spacial score (nSPS) is 33.7. The van der Waals surface area contributed by atoms with Gasteiger partial charge in [-0.1, -0.05) is 81.7 Å². The van der Waals surface area contributed by atoms with Crippen LogP contribution in [0.4, 0.5) is 0 Å². The molecule has 0 aromatic heterocycles. The molecule has 1 aromatic carbocycles. The Morgan fingerprint density at radius 3 is 2.40 bits per heavy atom. The molecule has 2 saturated carbocycles. The third-order valence-corrected chi connectivity index (χ3v) is 14.5. The van der Waals surface area contributed by atoms with Crippen LogP contribution in [-0.4, -0.2) is 33.9 Å². The standard InChI is InChI=1S/C35H50O5S2/c1-23(2)25(4)11-12-26(5)32-17-18-33-27(8-7-19-35(32,33)6)20-34-31-21-29(14-13-28(31)22-41(34,36)37)40-42(38,39)30-15-9-24(3)10-16-30/h9-12,15-16,20,23,25-26,29,32-34H,7-8,13-14,17-19,21-22H2,1-6H3/b12-11+,27-20+/t25-,26+,29-,32+,33-,34+,35+/m0/s1. The van der Waals surface area contributed by atoms with Crippen molar-refractivity contribution >= 4 is 20.0 Å². The molecule has 0 unspecified atom stereocenters. The molecule has 5 nitrogen and oxygen atoms in total. The smallest absolute Gasteiger partial charge is 0.263 e. The molecule has 7 heteroatoms. The molecule has 0 N–H and O–H groups in total. The molecule has 5 rings (SSSR count). The van der Waals surface area contributed by atoms with Crippen LogP contribution in [0.3, 0.4) is 0 Å². The van der Waals surface area contributed by atoms with Crippen molar-refractivity contribution < 1.29 is 21.0 Å². The number of rotatable bonds is 8. The zero-order valence-electron chi connectivity index (χ0n) is 26.3. The lowest BCUT2D eigenvalue weighted by Crippen LogP contribution is -2.36. The summed E-state index contributed by atoms with van der Waals surface area (Å²) in [6, 6.07) is 6.67. The first-order valence-corrected chi connectivity index (χ1v) is 19.1. The highest BCUT2D eigenvalue weighted by atomic mass is 32.2. The lowest BCUT2D eigenvalue weighted by atomic mass is 9.61. The van der Waals surface area contributed by atoms with E-state index in [0.29, 0.717) is 48.9 Å². The van der Waals surface area contributed by atoms with Crippen molar-refractivity contribution in [3.63, 3.8) is 0 Å². The summed E-state index contributed by atoms with van der Waals surface area (Å²) in [5.74, 6) is 2.78. The van der Waals surface area contributed by atoms with Gasteiger partial charge in [0.15, 0.2) is 9.84 Å². The number of benzene rings is 1. The Labute approximate surface area is 254 Å². The quantitative estimate of drug-likeness (QED) is 0.219. The maximum absolute atomic E-state index is 13.5. The average Bonchev–Trinajstić information content (AvgIpc) is 3.40. The summed E-state index contributed by atoms with van der Waals surface area (Å²) in [5.41, 5.74) is 4.33. The van der Waals surface area contributed by atoms with Crippen LogP contribution in [0.5, 0.6) is 0 Å². The van der Waals surface area contributed by atoms with Crippen LogP contribution in [0.2, 0.25) is 0 Å². The zero-order valence-corrected chi connectivity index (χ0v) is 27.9. The third-order valence-electron chi connectivity index (χ3n) is 11.2. The van der Waals surface area contributed by atoms with E-state index >= 15 is 0 Å². The number of fused-ring (bicyclic) bond motifs is 1. The van der Waals surface area contributed by atoms with Gasteiger partial charge < -0.3 is 0 Å². The van der Waals surface area contributed by atoms with Gasteiger partial charge in [0.25, 0.3) is 10.1 Å². The van der Waals surface area contributed by atoms with Gasteiger partial charge in [-0.3, -0.25) is 4.18 Å². The van der Waals surface area contributed by atoms with Crippen molar-refractivity contribution in [2.24, 2.45) is 35.0 Å². The molecule has 0 bridgehead atoms. The van der Waals surface area contributed by atoms with Crippen LogP contribution in [0, 0.1) is 41.9 Å². The van der Waals surface area contributed by atoms with Crippen LogP contribution in [-0.2, 0) is 24.1 Å². The van der Waals surface area contributed by atoms with Crippen LogP contribution in [0.1, 0.15) is 91.5 Å². The second-order valence-corrected chi connectivity index (χ2v) is 18.0. The highest BCUT2D eigenvalue weighted by Gasteiger charge is 2.51. The topological polar surface area (TPSA) is 77.5 Å². The second kappa shape index (κ2) is 12.0. The predicted octanol–water partition coefficient (Wildman–Crippen LogP) is 7.97. The van der Waals surface area contributed by atoms with Crippen LogP contribution in [0.15, 0.2) is 64.1 Å². The molecule has 0 radical (unpaired) electrons. The lowest BCUT2D eigenvalue weighted by molar-refractivity contribution is 0.111. The van der Waals surface area contributed by atoms with Gasteiger partial charge >= 0.3 is 0 Å². The van der Waals surface area contributed by atoms with Gasteiger partial charge in [0.2, 0.25) is 0 Å². The fourth-order valence-corrected chi connectivity index (χ4v) is 11.5. The molecule has 0 spiro atoms. The van der Waals surface area contributed by atoms with Gasteiger partial charge in [-0.2, -0.15) is 8.42 Å². The number of allylic oxidation sites excluding steroid dienone is 3.